The van der Waals surface area contributed by atoms with Crippen LogP contribution in [0.5, 0.6) is 0 Å². The van der Waals surface area contributed by atoms with E-state index < -0.39 is 11.7 Å². The average Bonchev–Trinajstić information content (AvgIpc) is 2.78. The van der Waals surface area contributed by atoms with Gasteiger partial charge < -0.3 is 0 Å². The topological polar surface area (TPSA) is 28.7 Å². The summed E-state index contributed by atoms with van der Waals surface area (Å²) in [5, 5.41) is 6.35. The lowest BCUT2D eigenvalue weighted by molar-refractivity contribution is -0.137. The van der Waals surface area contributed by atoms with E-state index in [0.717, 1.165) is 6.07 Å². The van der Waals surface area contributed by atoms with Gasteiger partial charge in [0.25, 0.3) is 0 Å². The number of halogens is 3. The number of H-pyrrole nitrogens is 1. The number of hydrogen-bond acceptors (Lipinski definition) is 1. The van der Waals surface area contributed by atoms with E-state index in [4.69, 9.17) is 0 Å². The first kappa shape index (κ1) is 11.4. The van der Waals surface area contributed by atoms with Crippen molar-refractivity contribution in [1.82, 2.24) is 10.2 Å². The standard InChI is InChI=1S/C12H9F3N2/c13-12(14,15)11-4-2-1-3-9(11)5-6-10-7-8-16-17-10/h1-8H,(H,16,17)/b6-5+. The van der Waals surface area contributed by atoms with Crippen LogP contribution in [0.3, 0.4) is 0 Å². The van der Waals surface area contributed by atoms with E-state index in [-0.39, 0.29) is 5.56 Å². The fourth-order valence-corrected chi connectivity index (χ4v) is 1.44. The number of rotatable bonds is 2. The van der Waals surface area contributed by atoms with Crippen LogP contribution in [-0.4, -0.2) is 10.2 Å². The Bertz CT molecular complexity index is 513. The highest BCUT2D eigenvalue weighted by molar-refractivity contribution is 5.69. The lowest BCUT2D eigenvalue weighted by Crippen LogP contribution is -2.06. The molecule has 0 atom stereocenters. The molecular formula is C12H9F3N2. The van der Waals surface area contributed by atoms with E-state index in [0.29, 0.717) is 5.69 Å². The highest BCUT2D eigenvalue weighted by Gasteiger charge is 2.32. The van der Waals surface area contributed by atoms with Crippen LogP contribution in [0.1, 0.15) is 16.8 Å². The zero-order valence-corrected chi connectivity index (χ0v) is 8.70. The molecule has 1 heterocycles. The van der Waals surface area contributed by atoms with Crippen molar-refractivity contribution in [3.8, 4) is 0 Å². The summed E-state index contributed by atoms with van der Waals surface area (Å²) in [6.07, 6.45) is 0.165. The lowest BCUT2D eigenvalue weighted by atomic mass is 10.1. The summed E-state index contributed by atoms with van der Waals surface area (Å²) in [6, 6.07) is 7.10. The fourth-order valence-electron chi connectivity index (χ4n) is 1.44. The van der Waals surface area contributed by atoms with Crippen LogP contribution in [-0.2, 0) is 6.18 Å². The van der Waals surface area contributed by atoms with Gasteiger partial charge in [-0.05, 0) is 23.8 Å². The number of aromatic nitrogens is 2. The quantitative estimate of drug-likeness (QED) is 0.850. The second-order valence-corrected chi connectivity index (χ2v) is 3.43. The van der Waals surface area contributed by atoms with Crippen LogP contribution in [0.25, 0.3) is 12.2 Å². The molecule has 2 aromatic rings. The Balaban J connectivity index is 2.33. The predicted octanol–water partition coefficient (Wildman–Crippen LogP) is 3.60. The van der Waals surface area contributed by atoms with E-state index in [2.05, 4.69) is 10.2 Å². The monoisotopic (exact) mass is 238 g/mol. The van der Waals surface area contributed by atoms with Crippen molar-refractivity contribution in [2.75, 3.05) is 0 Å². The summed E-state index contributed by atoms with van der Waals surface area (Å²) < 4.78 is 38.0. The van der Waals surface area contributed by atoms with E-state index >= 15 is 0 Å². The fraction of sp³-hybridized carbons (Fsp3) is 0.0833. The smallest absolute Gasteiger partial charge is 0.278 e. The molecule has 1 aromatic heterocycles. The Morgan fingerprint density at radius 2 is 1.82 bits per heavy atom. The first-order valence-corrected chi connectivity index (χ1v) is 4.91. The van der Waals surface area contributed by atoms with E-state index in [1.165, 1.54) is 24.4 Å². The summed E-state index contributed by atoms with van der Waals surface area (Å²) in [6.45, 7) is 0. The van der Waals surface area contributed by atoms with Crippen molar-refractivity contribution in [2.45, 2.75) is 6.18 Å². The molecule has 0 aliphatic carbocycles. The number of alkyl halides is 3. The SMILES string of the molecule is FC(F)(F)c1ccccc1/C=C/c1ccn[nH]1. The summed E-state index contributed by atoms with van der Waals surface area (Å²) in [4.78, 5) is 0. The second kappa shape index (κ2) is 4.45. The molecule has 88 valence electrons. The Morgan fingerprint density at radius 1 is 1.06 bits per heavy atom. The lowest BCUT2D eigenvalue weighted by Gasteiger charge is -2.09. The van der Waals surface area contributed by atoms with Gasteiger partial charge in [0.1, 0.15) is 0 Å². The number of hydrogen-bond donors (Lipinski definition) is 1. The van der Waals surface area contributed by atoms with Gasteiger partial charge in [-0.25, -0.2) is 0 Å². The molecule has 0 spiro atoms. The van der Waals surface area contributed by atoms with E-state index in [1.807, 2.05) is 0 Å². The van der Waals surface area contributed by atoms with E-state index in [1.54, 1.807) is 18.2 Å². The Kier molecular flexibility index (Phi) is 2.99. The molecule has 0 bridgehead atoms. The van der Waals surface area contributed by atoms with Gasteiger partial charge in [0.05, 0.1) is 11.3 Å². The third kappa shape index (κ3) is 2.75. The molecule has 0 unspecified atom stereocenters. The second-order valence-electron chi connectivity index (χ2n) is 3.43. The van der Waals surface area contributed by atoms with Gasteiger partial charge in [0.2, 0.25) is 0 Å². The molecule has 0 radical (unpaired) electrons. The van der Waals surface area contributed by atoms with Crippen LogP contribution in [0.4, 0.5) is 13.2 Å². The average molecular weight is 238 g/mol. The van der Waals surface area contributed by atoms with Crippen LogP contribution in [0.2, 0.25) is 0 Å². The molecule has 2 rings (SSSR count). The summed E-state index contributed by atoms with van der Waals surface area (Å²) in [7, 11) is 0. The number of nitrogens with one attached hydrogen (secondary N) is 1. The molecule has 0 aliphatic rings. The maximum Gasteiger partial charge on any atom is 0.416 e. The molecule has 0 amide bonds. The highest BCUT2D eigenvalue weighted by Crippen LogP contribution is 2.32. The summed E-state index contributed by atoms with van der Waals surface area (Å²) >= 11 is 0. The Hall–Kier alpha value is -2.04. The zero-order valence-electron chi connectivity index (χ0n) is 8.70. The number of nitrogens with zero attached hydrogens (tertiary/aromatic N) is 1. The molecule has 5 heteroatoms. The Morgan fingerprint density at radius 3 is 2.47 bits per heavy atom. The molecule has 0 aliphatic heterocycles. The normalized spacial score (nSPS) is 12.2. The highest BCUT2D eigenvalue weighted by atomic mass is 19.4. The first-order chi connectivity index (χ1) is 8.07. The third-order valence-electron chi connectivity index (χ3n) is 2.23. The van der Waals surface area contributed by atoms with Crippen LogP contribution in [0.15, 0.2) is 36.5 Å². The molecule has 1 aromatic carbocycles. The van der Waals surface area contributed by atoms with Gasteiger partial charge in [0.15, 0.2) is 0 Å². The molecule has 2 nitrogen and oxygen atoms in total. The maximum atomic E-state index is 12.7. The van der Waals surface area contributed by atoms with Gasteiger partial charge in [-0.2, -0.15) is 18.3 Å². The van der Waals surface area contributed by atoms with Gasteiger partial charge in [0, 0.05) is 6.20 Å². The van der Waals surface area contributed by atoms with Crippen LogP contribution < -0.4 is 0 Å². The van der Waals surface area contributed by atoms with Crippen molar-refractivity contribution < 1.29 is 13.2 Å². The number of benzene rings is 1. The van der Waals surface area contributed by atoms with Crippen molar-refractivity contribution in [3.63, 3.8) is 0 Å². The minimum Gasteiger partial charge on any atom is -0.278 e. The summed E-state index contributed by atoms with van der Waals surface area (Å²) in [5.41, 5.74) is 0.146. The zero-order chi connectivity index (χ0) is 12.3. The summed E-state index contributed by atoms with van der Waals surface area (Å²) in [5.74, 6) is 0. The largest absolute Gasteiger partial charge is 0.416 e. The minimum atomic E-state index is -4.34. The predicted molar refractivity (Wildman–Crippen MR) is 59.0 cm³/mol. The van der Waals surface area contributed by atoms with Crippen molar-refractivity contribution in [1.29, 1.82) is 0 Å². The minimum absolute atomic E-state index is 0.134. The van der Waals surface area contributed by atoms with Crippen LogP contribution in [0, 0.1) is 0 Å². The molecular weight excluding hydrogens is 229 g/mol. The molecule has 0 saturated carbocycles. The molecule has 0 saturated heterocycles. The van der Waals surface area contributed by atoms with Gasteiger partial charge >= 0.3 is 6.18 Å². The van der Waals surface area contributed by atoms with Crippen LogP contribution >= 0.6 is 0 Å². The molecule has 0 fully saturated rings. The van der Waals surface area contributed by atoms with Gasteiger partial charge in [-0.1, -0.05) is 24.3 Å². The first-order valence-electron chi connectivity index (χ1n) is 4.91. The van der Waals surface area contributed by atoms with Crippen molar-refractivity contribution in [2.24, 2.45) is 0 Å². The van der Waals surface area contributed by atoms with Crippen molar-refractivity contribution in [3.05, 3.63) is 53.3 Å². The van der Waals surface area contributed by atoms with Crippen molar-refractivity contribution >= 4 is 12.2 Å². The van der Waals surface area contributed by atoms with Gasteiger partial charge in [-0.15, -0.1) is 0 Å². The third-order valence-corrected chi connectivity index (χ3v) is 2.23. The molecule has 17 heavy (non-hydrogen) atoms. The Labute approximate surface area is 95.8 Å². The maximum absolute atomic E-state index is 12.7. The van der Waals surface area contributed by atoms with Gasteiger partial charge in [-0.3, -0.25) is 5.10 Å². The number of aromatic amines is 1. The van der Waals surface area contributed by atoms with E-state index in [9.17, 15) is 13.2 Å². The molecule has 1 N–H and O–H groups in total.